The fraction of sp³-hybridized carbons (Fsp3) is 0.615. The van der Waals surface area contributed by atoms with Gasteiger partial charge in [0.05, 0.1) is 5.69 Å². The van der Waals surface area contributed by atoms with Crippen molar-refractivity contribution in [1.82, 2.24) is 10.2 Å². The van der Waals surface area contributed by atoms with E-state index < -0.39 is 5.97 Å². The van der Waals surface area contributed by atoms with Crippen molar-refractivity contribution in [2.75, 3.05) is 18.5 Å². The van der Waals surface area contributed by atoms with Crippen molar-refractivity contribution in [1.29, 1.82) is 0 Å². The van der Waals surface area contributed by atoms with Gasteiger partial charge in [0.15, 0.2) is 5.82 Å². The first-order chi connectivity index (χ1) is 8.99. The van der Waals surface area contributed by atoms with E-state index in [1.165, 1.54) is 0 Å². The normalized spacial score (nSPS) is 16.2. The molecule has 1 aliphatic carbocycles. The molecule has 0 aromatic carbocycles. The Kier molecular flexibility index (Phi) is 3.71. The van der Waals surface area contributed by atoms with Crippen LogP contribution in [0.2, 0.25) is 0 Å². The largest absolute Gasteiger partial charge is 0.478 e. The van der Waals surface area contributed by atoms with Crippen LogP contribution in [0, 0.1) is 19.3 Å². The molecule has 6 heteroatoms. The topological polar surface area (TPSA) is 95.3 Å². The second-order valence-corrected chi connectivity index (χ2v) is 5.27. The van der Waals surface area contributed by atoms with Gasteiger partial charge in [-0.2, -0.15) is 5.10 Å². The highest BCUT2D eigenvalue weighted by Crippen LogP contribution is 2.48. The van der Waals surface area contributed by atoms with Crippen LogP contribution in [-0.2, 0) is 0 Å². The molecule has 0 amide bonds. The number of nitrogens with zero attached hydrogens (tertiary/aromatic N) is 2. The van der Waals surface area contributed by atoms with Gasteiger partial charge in [0.25, 0.3) is 0 Å². The van der Waals surface area contributed by atoms with Crippen LogP contribution in [0.1, 0.15) is 40.9 Å². The maximum Gasteiger partial charge on any atom is 0.339 e. The molecule has 104 valence electrons. The Balaban J connectivity index is 2.16. The van der Waals surface area contributed by atoms with Gasteiger partial charge in [0, 0.05) is 13.2 Å². The summed E-state index contributed by atoms with van der Waals surface area (Å²) in [7, 11) is 0. The van der Waals surface area contributed by atoms with Crippen molar-refractivity contribution in [2.24, 2.45) is 5.41 Å². The standard InChI is InChI=1S/C13H19N3O3/c1-8-9(2)15-16-11(10(8)12(18)19)14-7-13(3-4-13)5-6-17/h17H,3-7H2,1-2H3,(H,14,16)(H,18,19). The van der Waals surface area contributed by atoms with Crippen LogP contribution in [-0.4, -0.2) is 39.5 Å². The lowest BCUT2D eigenvalue weighted by molar-refractivity contribution is 0.0696. The molecule has 0 aliphatic heterocycles. The molecule has 2 rings (SSSR count). The van der Waals surface area contributed by atoms with E-state index in [9.17, 15) is 9.90 Å². The third-order valence-corrected chi connectivity index (χ3v) is 3.90. The molecule has 0 bridgehead atoms. The average molecular weight is 265 g/mol. The van der Waals surface area contributed by atoms with Crippen molar-refractivity contribution in [3.05, 3.63) is 16.8 Å². The molecule has 6 nitrogen and oxygen atoms in total. The predicted molar refractivity (Wildman–Crippen MR) is 70.3 cm³/mol. The first-order valence-electron chi connectivity index (χ1n) is 6.41. The Bertz CT molecular complexity index is 498. The smallest absolute Gasteiger partial charge is 0.339 e. The van der Waals surface area contributed by atoms with Gasteiger partial charge in [-0.05, 0) is 44.1 Å². The SMILES string of the molecule is Cc1nnc(NCC2(CCO)CC2)c(C(=O)O)c1C. The number of aliphatic hydroxyl groups is 1. The first kappa shape index (κ1) is 13.7. The lowest BCUT2D eigenvalue weighted by Crippen LogP contribution is -2.20. The zero-order chi connectivity index (χ0) is 14.0. The molecule has 0 spiro atoms. The highest BCUT2D eigenvalue weighted by Gasteiger charge is 2.41. The Hall–Kier alpha value is -1.69. The first-order valence-corrected chi connectivity index (χ1v) is 6.41. The highest BCUT2D eigenvalue weighted by atomic mass is 16.4. The van der Waals surface area contributed by atoms with Crippen molar-refractivity contribution in [2.45, 2.75) is 33.1 Å². The van der Waals surface area contributed by atoms with E-state index in [1.807, 2.05) is 0 Å². The maximum atomic E-state index is 11.3. The molecule has 1 fully saturated rings. The Morgan fingerprint density at radius 2 is 2.05 bits per heavy atom. The number of carboxylic acids is 1. The van der Waals surface area contributed by atoms with Crippen LogP contribution in [0.4, 0.5) is 5.82 Å². The van der Waals surface area contributed by atoms with Crippen LogP contribution in [0.25, 0.3) is 0 Å². The molecule has 0 unspecified atom stereocenters. The lowest BCUT2D eigenvalue weighted by atomic mass is 10.0. The molecular weight excluding hydrogens is 246 g/mol. The predicted octanol–water partition coefficient (Wildman–Crippen LogP) is 1.37. The molecule has 1 heterocycles. The zero-order valence-corrected chi connectivity index (χ0v) is 11.2. The number of hydrogen-bond acceptors (Lipinski definition) is 5. The van der Waals surface area contributed by atoms with E-state index in [0.717, 1.165) is 19.3 Å². The molecule has 0 atom stereocenters. The van der Waals surface area contributed by atoms with Gasteiger partial charge in [-0.1, -0.05) is 0 Å². The molecule has 3 N–H and O–H groups in total. The van der Waals surface area contributed by atoms with Crippen molar-refractivity contribution in [3.63, 3.8) is 0 Å². The van der Waals surface area contributed by atoms with E-state index in [1.54, 1.807) is 13.8 Å². The summed E-state index contributed by atoms with van der Waals surface area (Å²) in [4.78, 5) is 11.3. The average Bonchev–Trinajstić information content (AvgIpc) is 3.11. The molecule has 0 saturated heterocycles. The minimum Gasteiger partial charge on any atom is -0.478 e. The molecule has 19 heavy (non-hydrogen) atoms. The van der Waals surface area contributed by atoms with Gasteiger partial charge >= 0.3 is 5.97 Å². The quantitative estimate of drug-likeness (QED) is 0.719. The number of nitrogens with one attached hydrogen (secondary N) is 1. The van der Waals surface area contributed by atoms with Crippen LogP contribution in [0.5, 0.6) is 0 Å². The number of aromatic carboxylic acids is 1. The van der Waals surface area contributed by atoms with Crippen LogP contribution >= 0.6 is 0 Å². The van der Waals surface area contributed by atoms with Crippen molar-refractivity contribution >= 4 is 11.8 Å². The van der Waals surface area contributed by atoms with Gasteiger partial charge in [-0.15, -0.1) is 5.10 Å². The van der Waals surface area contributed by atoms with E-state index in [-0.39, 0.29) is 17.6 Å². The van der Waals surface area contributed by atoms with Gasteiger partial charge < -0.3 is 15.5 Å². The summed E-state index contributed by atoms with van der Waals surface area (Å²) < 4.78 is 0. The van der Waals surface area contributed by atoms with Gasteiger partial charge in [0.1, 0.15) is 5.56 Å². The van der Waals surface area contributed by atoms with E-state index in [4.69, 9.17) is 5.11 Å². The Labute approximate surface area is 111 Å². The second kappa shape index (κ2) is 5.13. The molecule has 1 saturated carbocycles. The zero-order valence-electron chi connectivity index (χ0n) is 11.2. The van der Waals surface area contributed by atoms with Gasteiger partial charge in [-0.3, -0.25) is 0 Å². The summed E-state index contributed by atoms with van der Waals surface area (Å²) in [5.74, 6) is -0.676. The summed E-state index contributed by atoms with van der Waals surface area (Å²) >= 11 is 0. The number of hydrogen-bond donors (Lipinski definition) is 3. The third kappa shape index (κ3) is 2.84. The minimum absolute atomic E-state index is 0.102. The highest BCUT2D eigenvalue weighted by molar-refractivity contribution is 5.94. The summed E-state index contributed by atoms with van der Waals surface area (Å²) in [6, 6.07) is 0. The third-order valence-electron chi connectivity index (χ3n) is 3.90. The van der Waals surface area contributed by atoms with Gasteiger partial charge in [-0.25, -0.2) is 4.79 Å². The summed E-state index contributed by atoms with van der Waals surface area (Å²) in [5.41, 5.74) is 1.55. The Morgan fingerprint density at radius 3 is 2.58 bits per heavy atom. The Morgan fingerprint density at radius 1 is 1.37 bits per heavy atom. The fourth-order valence-corrected chi connectivity index (χ4v) is 2.19. The summed E-state index contributed by atoms with van der Waals surface area (Å²) in [6.07, 6.45) is 2.85. The molecule has 1 aromatic heterocycles. The lowest BCUT2D eigenvalue weighted by Gasteiger charge is -2.16. The van der Waals surface area contributed by atoms with E-state index in [0.29, 0.717) is 23.6 Å². The van der Waals surface area contributed by atoms with E-state index in [2.05, 4.69) is 15.5 Å². The van der Waals surface area contributed by atoms with Crippen molar-refractivity contribution < 1.29 is 15.0 Å². The summed E-state index contributed by atoms with van der Waals surface area (Å²) in [6.45, 7) is 4.27. The van der Waals surface area contributed by atoms with Crippen molar-refractivity contribution in [3.8, 4) is 0 Å². The number of carbonyl (C=O) groups is 1. The number of aryl methyl sites for hydroxylation is 1. The number of carboxylic acid groups (broad SMARTS) is 1. The molecule has 0 radical (unpaired) electrons. The molecule has 1 aliphatic rings. The second-order valence-electron chi connectivity index (χ2n) is 5.27. The summed E-state index contributed by atoms with van der Waals surface area (Å²) in [5, 5.41) is 29.3. The monoisotopic (exact) mass is 265 g/mol. The number of anilines is 1. The maximum absolute atomic E-state index is 11.3. The van der Waals surface area contributed by atoms with Crippen LogP contribution in [0.15, 0.2) is 0 Å². The van der Waals surface area contributed by atoms with Gasteiger partial charge in [0.2, 0.25) is 0 Å². The van der Waals surface area contributed by atoms with Crippen LogP contribution < -0.4 is 5.32 Å². The molecular formula is C13H19N3O3. The van der Waals surface area contributed by atoms with E-state index >= 15 is 0 Å². The van der Waals surface area contributed by atoms with Crippen LogP contribution in [0.3, 0.4) is 0 Å². The minimum atomic E-state index is -0.995. The fourth-order valence-electron chi connectivity index (χ4n) is 2.19. The molecule has 1 aromatic rings. The number of aliphatic hydroxyl groups excluding tert-OH is 1. The number of rotatable bonds is 6. The number of aromatic nitrogens is 2.